The largest absolute Gasteiger partial charge is 0.422 e. The first-order valence-electron chi connectivity index (χ1n) is 9.17. The highest BCUT2D eigenvalue weighted by atomic mass is 35.5. The molecule has 4 aromatic rings. The van der Waals surface area contributed by atoms with Crippen LogP contribution in [0.3, 0.4) is 0 Å². The van der Waals surface area contributed by atoms with Gasteiger partial charge in [-0.15, -0.1) is 0 Å². The molecule has 0 radical (unpaired) electrons. The van der Waals surface area contributed by atoms with Crippen molar-refractivity contribution in [2.75, 3.05) is 5.32 Å². The minimum atomic E-state index is -0.756. The number of rotatable bonds is 4. The summed E-state index contributed by atoms with van der Waals surface area (Å²) in [6, 6.07) is 20.0. The summed E-state index contributed by atoms with van der Waals surface area (Å²) in [5.41, 5.74) is 1.39. The predicted octanol–water partition coefficient (Wildman–Crippen LogP) is 5.24. The number of halogens is 1. The van der Waals surface area contributed by atoms with E-state index in [0.29, 0.717) is 21.6 Å². The number of carbonyl (C=O) groups is 2. The Balaban J connectivity index is 1.72. The van der Waals surface area contributed by atoms with Crippen molar-refractivity contribution in [3.63, 3.8) is 0 Å². The summed E-state index contributed by atoms with van der Waals surface area (Å²) in [5, 5.41) is 3.64. The summed E-state index contributed by atoms with van der Waals surface area (Å²) in [6.45, 7) is 1.90. The highest BCUT2D eigenvalue weighted by Gasteiger charge is 2.19. The Kier molecular flexibility index (Phi) is 5.21. The lowest BCUT2D eigenvalue weighted by atomic mass is 10.0. The minimum Gasteiger partial charge on any atom is -0.422 e. The Morgan fingerprint density at radius 1 is 0.900 bits per heavy atom. The van der Waals surface area contributed by atoms with Crippen molar-refractivity contribution in [2.24, 2.45) is 0 Å². The van der Waals surface area contributed by atoms with E-state index in [-0.39, 0.29) is 22.6 Å². The van der Waals surface area contributed by atoms with Gasteiger partial charge < -0.3 is 9.73 Å². The SMILES string of the molecule is Cc1ccc2oc(=O)c(C(=O)Nc3ccc(Cl)cc3C(=O)c3ccccc3)cc2c1. The van der Waals surface area contributed by atoms with E-state index in [4.69, 9.17) is 16.0 Å². The van der Waals surface area contributed by atoms with Crippen LogP contribution in [0.5, 0.6) is 0 Å². The van der Waals surface area contributed by atoms with Crippen LogP contribution in [-0.4, -0.2) is 11.7 Å². The molecule has 0 aliphatic rings. The molecule has 0 fully saturated rings. The molecule has 148 valence electrons. The second kappa shape index (κ2) is 7.97. The molecule has 3 aromatic carbocycles. The second-order valence-corrected chi connectivity index (χ2v) is 7.26. The Labute approximate surface area is 176 Å². The van der Waals surface area contributed by atoms with Gasteiger partial charge in [0, 0.05) is 21.5 Å². The van der Waals surface area contributed by atoms with Crippen LogP contribution in [0.2, 0.25) is 5.02 Å². The van der Waals surface area contributed by atoms with Crippen LogP contribution in [0.4, 0.5) is 5.69 Å². The number of amides is 1. The molecule has 1 N–H and O–H groups in total. The lowest BCUT2D eigenvalue weighted by Gasteiger charge is -2.11. The predicted molar refractivity (Wildman–Crippen MR) is 117 cm³/mol. The number of benzene rings is 3. The molecular formula is C24H16ClNO4. The van der Waals surface area contributed by atoms with Gasteiger partial charge in [-0.1, -0.05) is 53.6 Å². The number of aryl methyl sites for hydroxylation is 1. The normalized spacial score (nSPS) is 10.7. The number of ketones is 1. The van der Waals surface area contributed by atoms with Gasteiger partial charge in [-0.25, -0.2) is 4.79 Å². The number of hydrogen-bond acceptors (Lipinski definition) is 4. The van der Waals surface area contributed by atoms with Crippen LogP contribution in [0.25, 0.3) is 11.0 Å². The zero-order valence-corrected chi connectivity index (χ0v) is 16.7. The smallest absolute Gasteiger partial charge is 0.349 e. The molecule has 6 heteroatoms. The molecule has 0 spiro atoms. The van der Waals surface area contributed by atoms with Gasteiger partial charge in [0.1, 0.15) is 11.1 Å². The van der Waals surface area contributed by atoms with Crippen molar-refractivity contribution in [1.29, 1.82) is 0 Å². The van der Waals surface area contributed by atoms with Crippen LogP contribution >= 0.6 is 11.6 Å². The lowest BCUT2D eigenvalue weighted by Crippen LogP contribution is -2.22. The van der Waals surface area contributed by atoms with Gasteiger partial charge in [-0.3, -0.25) is 9.59 Å². The summed E-state index contributed by atoms with van der Waals surface area (Å²) in [4.78, 5) is 38.1. The van der Waals surface area contributed by atoms with Crippen LogP contribution in [0.15, 0.2) is 82.0 Å². The van der Waals surface area contributed by atoms with Gasteiger partial charge in [0.15, 0.2) is 5.78 Å². The number of hydrogen-bond donors (Lipinski definition) is 1. The van der Waals surface area contributed by atoms with Crippen LogP contribution in [0, 0.1) is 6.92 Å². The minimum absolute atomic E-state index is 0.152. The molecule has 0 saturated heterocycles. The molecule has 1 amide bonds. The molecule has 0 aliphatic carbocycles. The highest BCUT2D eigenvalue weighted by Crippen LogP contribution is 2.24. The first-order chi connectivity index (χ1) is 14.4. The van der Waals surface area contributed by atoms with Gasteiger partial charge in [-0.05, 0) is 43.3 Å². The fraction of sp³-hybridized carbons (Fsp3) is 0.0417. The Hall–Kier alpha value is -3.70. The van der Waals surface area contributed by atoms with E-state index in [9.17, 15) is 14.4 Å². The number of nitrogens with one attached hydrogen (secondary N) is 1. The fourth-order valence-electron chi connectivity index (χ4n) is 3.15. The molecule has 0 atom stereocenters. The molecule has 0 aliphatic heterocycles. The molecule has 1 heterocycles. The molecule has 30 heavy (non-hydrogen) atoms. The third-order valence-electron chi connectivity index (χ3n) is 4.64. The maximum atomic E-state index is 12.9. The van der Waals surface area contributed by atoms with Gasteiger partial charge in [-0.2, -0.15) is 0 Å². The summed E-state index contributed by atoms with van der Waals surface area (Å²) >= 11 is 6.08. The van der Waals surface area contributed by atoms with E-state index < -0.39 is 11.5 Å². The van der Waals surface area contributed by atoms with Crippen molar-refractivity contribution >= 4 is 39.9 Å². The van der Waals surface area contributed by atoms with E-state index in [1.807, 2.05) is 19.1 Å². The van der Waals surface area contributed by atoms with Crippen LogP contribution < -0.4 is 10.9 Å². The van der Waals surface area contributed by atoms with E-state index in [0.717, 1.165) is 5.56 Å². The average Bonchev–Trinajstić information content (AvgIpc) is 2.74. The molecule has 0 saturated carbocycles. The summed E-state index contributed by atoms with van der Waals surface area (Å²) in [5.74, 6) is -0.967. The van der Waals surface area contributed by atoms with Crippen molar-refractivity contribution in [2.45, 2.75) is 6.92 Å². The van der Waals surface area contributed by atoms with Crippen molar-refractivity contribution in [3.05, 3.63) is 110 Å². The Bertz CT molecular complexity index is 1340. The molecule has 1 aromatic heterocycles. The second-order valence-electron chi connectivity index (χ2n) is 6.83. The maximum Gasteiger partial charge on any atom is 0.349 e. The number of anilines is 1. The Morgan fingerprint density at radius 3 is 2.43 bits per heavy atom. The topological polar surface area (TPSA) is 76.4 Å². The zero-order valence-electron chi connectivity index (χ0n) is 15.9. The van der Waals surface area contributed by atoms with Crippen molar-refractivity contribution < 1.29 is 14.0 Å². The zero-order chi connectivity index (χ0) is 21.3. The number of carbonyl (C=O) groups excluding carboxylic acids is 2. The average molecular weight is 418 g/mol. The molecular weight excluding hydrogens is 402 g/mol. The Morgan fingerprint density at radius 2 is 1.67 bits per heavy atom. The third kappa shape index (κ3) is 3.88. The monoisotopic (exact) mass is 417 g/mol. The number of fused-ring (bicyclic) bond motifs is 1. The van der Waals surface area contributed by atoms with E-state index >= 15 is 0 Å². The van der Waals surface area contributed by atoms with Gasteiger partial charge in [0.05, 0.1) is 5.69 Å². The van der Waals surface area contributed by atoms with Gasteiger partial charge >= 0.3 is 5.63 Å². The quantitative estimate of drug-likeness (QED) is 0.364. The summed E-state index contributed by atoms with van der Waals surface area (Å²) in [7, 11) is 0. The van der Waals surface area contributed by atoms with Gasteiger partial charge in [0.25, 0.3) is 5.91 Å². The van der Waals surface area contributed by atoms with Crippen LogP contribution in [0.1, 0.15) is 31.8 Å². The molecule has 0 unspecified atom stereocenters. The van der Waals surface area contributed by atoms with E-state index in [1.165, 1.54) is 18.2 Å². The lowest BCUT2D eigenvalue weighted by molar-refractivity contribution is 0.102. The molecule has 4 rings (SSSR count). The van der Waals surface area contributed by atoms with Gasteiger partial charge in [0.2, 0.25) is 0 Å². The highest BCUT2D eigenvalue weighted by molar-refractivity contribution is 6.31. The summed E-state index contributed by atoms with van der Waals surface area (Å²) < 4.78 is 5.27. The fourth-order valence-corrected chi connectivity index (χ4v) is 3.32. The first kappa shape index (κ1) is 19.6. The van der Waals surface area contributed by atoms with E-state index in [1.54, 1.807) is 42.5 Å². The standard InChI is InChI=1S/C24H16ClNO4/c1-14-7-10-21-16(11-14)12-19(24(29)30-21)23(28)26-20-9-8-17(25)13-18(20)22(27)15-5-3-2-4-6-15/h2-13H,1H3,(H,26,28). The van der Waals surface area contributed by atoms with E-state index in [2.05, 4.69) is 5.32 Å². The maximum absolute atomic E-state index is 12.9. The molecule has 5 nitrogen and oxygen atoms in total. The first-order valence-corrected chi connectivity index (χ1v) is 9.55. The van der Waals surface area contributed by atoms with Crippen molar-refractivity contribution in [3.8, 4) is 0 Å². The third-order valence-corrected chi connectivity index (χ3v) is 4.88. The summed E-state index contributed by atoms with van der Waals surface area (Å²) in [6.07, 6.45) is 0. The van der Waals surface area contributed by atoms with Crippen molar-refractivity contribution in [1.82, 2.24) is 0 Å². The molecule has 0 bridgehead atoms. The van der Waals surface area contributed by atoms with Crippen LogP contribution in [-0.2, 0) is 0 Å².